The third kappa shape index (κ3) is 4.42. The Morgan fingerprint density at radius 1 is 1.32 bits per heavy atom. The summed E-state index contributed by atoms with van der Waals surface area (Å²) in [5.74, 6) is -0.141. The molecule has 2 rings (SSSR count). The van der Waals surface area contributed by atoms with Crippen LogP contribution in [0.5, 0.6) is 5.75 Å². The molecule has 0 fully saturated rings. The van der Waals surface area contributed by atoms with Gasteiger partial charge < -0.3 is 10.1 Å². The van der Waals surface area contributed by atoms with Crippen LogP contribution in [0.4, 0.5) is 11.4 Å². The Balaban J connectivity index is 2.31. The fourth-order valence-electron chi connectivity index (χ4n) is 2.13. The highest BCUT2D eigenvalue weighted by Crippen LogP contribution is 2.26. The van der Waals surface area contributed by atoms with E-state index in [0.29, 0.717) is 16.9 Å². The predicted molar refractivity (Wildman–Crippen MR) is 93.0 cm³/mol. The zero-order chi connectivity index (χ0) is 18.4. The Kier molecular flexibility index (Phi) is 5.48. The number of aryl methyl sites for hydroxylation is 1. The lowest BCUT2D eigenvalue weighted by Crippen LogP contribution is -2.14. The van der Waals surface area contributed by atoms with Gasteiger partial charge in [-0.05, 0) is 42.3 Å². The maximum Gasteiger partial charge on any atom is 0.293 e. The first-order valence-electron chi connectivity index (χ1n) is 7.27. The van der Waals surface area contributed by atoms with Crippen molar-refractivity contribution < 1.29 is 14.5 Å². The average Bonchev–Trinajstić information content (AvgIpc) is 2.61. The van der Waals surface area contributed by atoms with Crippen molar-refractivity contribution >= 4 is 23.4 Å². The molecule has 7 heteroatoms. The van der Waals surface area contributed by atoms with Crippen LogP contribution < -0.4 is 10.1 Å². The maximum absolute atomic E-state index is 12.3. The number of amides is 1. The third-order valence-electron chi connectivity index (χ3n) is 3.37. The van der Waals surface area contributed by atoms with Gasteiger partial charge in [-0.1, -0.05) is 18.2 Å². The second-order valence-corrected chi connectivity index (χ2v) is 5.18. The van der Waals surface area contributed by atoms with E-state index in [-0.39, 0.29) is 16.9 Å². The number of hydrogen-bond donors (Lipinski definition) is 1. The molecule has 0 saturated carbocycles. The number of carbonyl (C=O) groups excluding carboxylic acids is 1. The number of nitriles is 1. The number of benzene rings is 2. The largest absolute Gasteiger partial charge is 0.497 e. The summed E-state index contributed by atoms with van der Waals surface area (Å²) in [7, 11) is 1.51. The fraction of sp³-hybridized carbons (Fsp3) is 0.111. The van der Waals surface area contributed by atoms with E-state index in [4.69, 9.17) is 4.74 Å². The number of nitrogens with zero attached hydrogens (tertiary/aromatic N) is 2. The van der Waals surface area contributed by atoms with Crippen molar-refractivity contribution in [2.75, 3.05) is 12.4 Å². The molecule has 1 amide bonds. The summed E-state index contributed by atoms with van der Waals surface area (Å²) < 4.78 is 5.09. The monoisotopic (exact) mass is 337 g/mol. The van der Waals surface area contributed by atoms with Crippen molar-refractivity contribution in [3.05, 3.63) is 69.3 Å². The van der Waals surface area contributed by atoms with Crippen LogP contribution in [0.15, 0.2) is 48.0 Å². The molecule has 2 aromatic rings. The minimum Gasteiger partial charge on any atom is -0.497 e. The number of anilines is 1. The first kappa shape index (κ1) is 17.7. The molecule has 0 heterocycles. The fourth-order valence-corrected chi connectivity index (χ4v) is 2.13. The summed E-state index contributed by atoms with van der Waals surface area (Å²) in [5, 5.41) is 22.8. The number of methoxy groups -OCH3 is 1. The van der Waals surface area contributed by atoms with Crippen LogP contribution in [0, 0.1) is 28.4 Å². The molecule has 0 aliphatic carbocycles. The molecule has 0 saturated heterocycles. The lowest BCUT2D eigenvalue weighted by atomic mass is 10.1. The highest BCUT2D eigenvalue weighted by atomic mass is 16.6. The number of nitro groups is 1. The van der Waals surface area contributed by atoms with Crippen LogP contribution in [-0.2, 0) is 4.79 Å². The lowest BCUT2D eigenvalue weighted by Gasteiger charge is -2.06. The molecule has 0 aliphatic heterocycles. The van der Waals surface area contributed by atoms with Gasteiger partial charge in [-0.3, -0.25) is 14.9 Å². The molecular weight excluding hydrogens is 322 g/mol. The van der Waals surface area contributed by atoms with E-state index in [9.17, 15) is 20.2 Å². The molecule has 0 bridgehead atoms. The van der Waals surface area contributed by atoms with E-state index >= 15 is 0 Å². The van der Waals surface area contributed by atoms with Crippen molar-refractivity contribution in [1.29, 1.82) is 5.26 Å². The van der Waals surface area contributed by atoms with Gasteiger partial charge in [0, 0.05) is 6.07 Å². The molecule has 0 radical (unpaired) electrons. The van der Waals surface area contributed by atoms with Crippen LogP contribution in [0.1, 0.15) is 11.1 Å². The van der Waals surface area contributed by atoms with Crippen molar-refractivity contribution in [1.82, 2.24) is 0 Å². The molecule has 25 heavy (non-hydrogen) atoms. The van der Waals surface area contributed by atoms with Gasteiger partial charge in [0.25, 0.3) is 11.6 Å². The van der Waals surface area contributed by atoms with Gasteiger partial charge >= 0.3 is 0 Å². The number of hydrogen-bond acceptors (Lipinski definition) is 5. The molecule has 0 unspecified atom stereocenters. The zero-order valence-electron chi connectivity index (χ0n) is 13.6. The SMILES string of the molecule is COc1cccc(/C=C(\C#N)C(=O)Nc2ccc(C)cc2[N+](=O)[O-])c1. The van der Waals surface area contributed by atoms with E-state index in [1.165, 1.54) is 25.3 Å². The number of carbonyl (C=O) groups is 1. The Labute approximate surface area is 144 Å². The van der Waals surface area contributed by atoms with Gasteiger partial charge in [0.05, 0.1) is 12.0 Å². The Morgan fingerprint density at radius 2 is 2.08 bits per heavy atom. The lowest BCUT2D eigenvalue weighted by molar-refractivity contribution is -0.384. The average molecular weight is 337 g/mol. The molecule has 0 aliphatic rings. The molecule has 0 aromatic heterocycles. The highest BCUT2D eigenvalue weighted by Gasteiger charge is 2.18. The van der Waals surface area contributed by atoms with Gasteiger partial charge in [0.1, 0.15) is 23.1 Å². The van der Waals surface area contributed by atoms with Crippen molar-refractivity contribution in [2.45, 2.75) is 6.92 Å². The second kappa shape index (κ2) is 7.75. The normalized spacial score (nSPS) is 10.7. The van der Waals surface area contributed by atoms with Gasteiger partial charge in [-0.25, -0.2) is 0 Å². The molecule has 126 valence electrons. The standard InChI is InChI=1S/C18H15N3O4/c1-12-6-7-16(17(8-12)21(23)24)20-18(22)14(11-19)9-13-4-3-5-15(10-13)25-2/h3-10H,1-2H3,(H,20,22)/b14-9+. The first-order valence-corrected chi connectivity index (χ1v) is 7.27. The number of nitro benzene ring substituents is 1. The molecule has 0 spiro atoms. The quantitative estimate of drug-likeness (QED) is 0.389. The summed E-state index contributed by atoms with van der Waals surface area (Å²) >= 11 is 0. The topological polar surface area (TPSA) is 105 Å². The smallest absolute Gasteiger partial charge is 0.293 e. The minimum absolute atomic E-state index is 0.0346. The molecule has 1 N–H and O–H groups in total. The van der Waals surface area contributed by atoms with Crippen LogP contribution in [0.3, 0.4) is 0 Å². The van der Waals surface area contributed by atoms with Crippen LogP contribution in [-0.4, -0.2) is 17.9 Å². The van der Waals surface area contributed by atoms with Crippen molar-refractivity contribution in [2.24, 2.45) is 0 Å². The van der Waals surface area contributed by atoms with E-state index in [1.807, 2.05) is 0 Å². The van der Waals surface area contributed by atoms with Crippen LogP contribution in [0.2, 0.25) is 0 Å². The highest BCUT2D eigenvalue weighted by molar-refractivity contribution is 6.10. The second-order valence-electron chi connectivity index (χ2n) is 5.18. The number of nitrogens with one attached hydrogen (secondary N) is 1. The van der Waals surface area contributed by atoms with E-state index < -0.39 is 10.8 Å². The van der Waals surface area contributed by atoms with Gasteiger partial charge in [-0.2, -0.15) is 5.26 Å². The van der Waals surface area contributed by atoms with Crippen molar-refractivity contribution in [3.63, 3.8) is 0 Å². The van der Waals surface area contributed by atoms with Crippen LogP contribution >= 0.6 is 0 Å². The zero-order valence-corrected chi connectivity index (χ0v) is 13.6. The number of ether oxygens (including phenoxy) is 1. The molecular formula is C18H15N3O4. The maximum atomic E-state index is 12.3. The third-order valence-corrected chi connectivity index (χ3v) is 3.37. The first-order chi connectivity index (χ1) is 11.9. The Bertz CT molecular complexity index is 897. The summed E-state index contributed by atoms with van der Waals surface area (Å²) in [5.41, 5.74) is 0.920. The number of rotatable bonds is 5. The van der Waals surface area contributed by atoms with Crippen molar-refractivity contribution in [3.8, 4) is 11.8 Å². The van der Waals surface area contributed by atoms with E-state index in [1.54, 1.807) is 43.3 Å². The van der Waals surface area contributed by atoms with Gasteiger partial charge in [-0.15, -0.1) is 0 Å². The summed E-state index contributed by atoms with van der Waals surface area (Å²) in [6.45, 7) is 1.71. The summed E-state index contributed by atoms with van der Waals surface area (Å²) in [6.07, 6.45) is 1.39. The summed E-state index contributed by atoms with van der Waals surface area (Å²) in [4.78, 5) is 22.8. The molecule has 7 nitrogen and oxygen atoms in total. The van der Waals surface area contributed by atoms with Gasteiger partial charge in [0.15, 0.2) is 0 Å². The molecule has 0 atom stereocenters. The predicted octanol–water partition coefficient (Wildman–Crippen LogP) is 3.46. The summed E-state index contributed by atoms with van der Waals surface area (Å²) in [6, 6.07) is 13.1. The Hall–Kier alpha value is -3.66. The van der Waals surface area contributed by atoms with E-state index in [0.717, 1.165) is 0 Å². The van der Waals surface area contributed by atoms with Gasteiger partial charge in [0.2, 0.25) is 0 Å². The van der Waals surface area contributed by atoms with E-state index in [2.05, 4.69) is 5.32 Å². The molecule has 2 aromatic carbocycles. The minimum atomic E-state index is -0.725. The van der Waals surface area contributed by atoms with Crippen LogP contribution in [0.25, 0.3) is 6.08 Å². The Morgan fingerprint density at radius 3 is 2.72 bits per heavy atom.